The van der Waals surface area contributed by atoms with E-state index < -0.39 is 7.12 Å². The van der Waals surface area contributed by atoms with Gasteiger partial charge in [0.2, 0.25) is 0 Å². The Bertz CT molecular complexity index is 1360. The first kappa shape index (κ1) is 30.6. The van der Waals surface area contributed by atoms with Crippen molar-refractivity contribution in [2.24, 2.45) is 0 Å². The molecule has 0 spiro atoms. The summed E-state index contributed by atoms with van der Waals surface area (Å²) in [5, 5.41) is 34.4. The SMILES string of the molecule is C.N#Cc1ccc(-c2cccc(N)c2N)cc1.N#Cc1ccc(B(O)O)cc1.Nc1cccc(Br)c1N. The minimum absolute atomic E-state index is 0. The molecule has 0 aliphatic heterocycles. The molecule has 0 aromatic heterocycles. The fourth-order valence-corrected chi connectivity index (χ4v) is 3.22. The molecule has 0 unspecified atom stereocenters. The number of anilines is 4. The number of nitrogen functional groups attached to an aromatic ring is 4. The van der Waals surface area contributed by atoms with E-state index in [2.05, 4.69) is 22.0 Å². The number of hydrogen-bond donors (Lipinski definition) is 6. The predicted octanol–water partition coefficient (Wildman–Crippen LogP) is 3.88. The largest absolute Gasteiger partial charge is 0.488 e. The number of halogens is 1. The van der Waals surface area contributed by atoms with Gasteiger partial charge in [-0.1, -0.05) is 49.9 Å². The molecule has 10 heteroatoms. The van der Waals surface area contributed by atoms with Crippen LogP contribution in [0.2, 0.25) is 0 Å². The molecule has 37 heavy (non-hydrogen) atoms. The third-order valence-corrected chi connectivity index (χ3v) is 5.58. The molecule has 4 aromatic rings. The Morgan fingerprint density at radius 2 is 1.11 bits per heavy atom. The van der Waals surface area contributed by atoms with Crippen molar-refractivity contribution < 1.29 is 10.0 Å². The van der Waals surface area contributed by atoms with Gasteiger partial charge in [-0.05, 0) is 69.4 Å². The smallest absolute Gasteiger partial charge is 0.423 e. The summed E-state index contributed by atoms with van der Waals surface area (Å²) in [5.41, 5.74) is 28.4. The van der Waals surface area contributed by atoms with E-state index in [0.29, 0.717) is 39.3 Å². The molecule has 188 valence electrons. The van der Waals surface area contributed by atoms with Gasteiger partial charge in [0, 0.05) is 10.0 Å². The second kappa shape index (κ2) is 14.8. The van der Waals surface area contributed by atoms with Crippen LogP contribution in [0.3, 0.4) is 0 Å². The summed E-state index contributed by atoms with van der Waals surface area (Å²) < 4.78 is 0.850. The van der Waals surface area contributed by atoms with Crippen LogP contribution >= 0.6 is 15.9 Å². The van der Waals surface area contributed by atoms with Crippen LogP contribution in [-0.2, 0) is 0 Å². The molecular weight excluding hydrogens is 531 g/mol. The predicted molar refractivity (Wildman–Crippen MR) is 156 cm³/mol. The van der Waals surface area contributed by atoms with Crippen molar-refractivity contribution in [3.05, 3.63) is 101 Å². The van der Waals surface area contributed by atoms with E-state index in [-0.39, 0.29) is 7.43 Å². The van der Waals surface area contributed by atoms with Crippen molar-refractivity contribution in [2.75, 3.05) is 22.9 Å². The molecule has 4 aromatic carbocycles. The molecule has 0 bridgehead atoms. The normalized spacial score (nSPS) is 9.11. The van der Waals surface area contributed by atoms with Crippen molar-refractivity contribution in [3.63, 3.8) is 0 Å². The summed E-state index contributed by atoms with van der Waals surface area (Å²) in [6.45, 7) is 0. The lowest BCUT2D eigenvalue weighted by Gasteiger charge is -2.07. The molecule has 0 saturated heterocycles. The fraction of sp³-hybridized carbons (Fsp3) is 0.0370. The lowest BCUT2D eigenvalue weighted by molar-refractivity contribution is 0.426. The van der Waals surface area contributed by atoms with Crippen LogP contribution in [0.4, 0.5) is 22.7 Å². The van der Waals surface area contributed by atoms with Gasteiger partial charge >= 0.3 is 7.12 Å². The average molecular weight is 559 g/mol. The first-order valence-corrected chi connectivity index (χ1v) is 11.3. The van der Waals surface area contributed by atoms with Crippen LogP contribution < -0.4 is 28.4 Å². The highest BCUT2D eigenvalue weighted by Crippen LogP contribution is 2.30. The Morgan fingerprint density at radius 3 is 1.54 bits per heavy atom. The summed E-state index contributed by atoms with van der Waals surface area (Å²) in [4.78, 5) is 0. The highest BCUT2D eigenvalue weighted by Gasteiger charge is 2.09. The Labute approximate surface area is 225 Å². The molecule has 8 nitrogen and oxygen atoms in total. The van der Waals surface area contributed by atoms with Gasteiger partial charge in [-0.15, -0.1) is 0 Å². The number of para-hydroxylation sites is 2. The molecule has 0 aliphatic carbocycles. The quantitative estimate of drug-likeness (QED) is 0.157. The highest BCUT2D eigenvalue weighted by molar-refractivity contribution is 9.10. The zero-order chi connectivity index (χ0) is 26.7. The van der Waals surface area contributed by atoms with E-state index >= 15 is 0 Å². The Morgan fingerprint density at radius 1 is 0.649 bits per heavy atom. The van der Waals surface area contributed by atoms with E-state index in [1.165, 1.54) is 24.3 Å². The maximum absolute atomic E-state index is 8.70. The van der Waals surface area contributed by atoms with E-state index in [4.69, 9.17) is 43.5 Å². The number of nitrogens with two attached hydrogens (primary N) is 4. The van der Waals surface area contributed by atoms with Crippen LogP contribution in [-0.4, -0.2) is 17.2 Å². The van der Waals surface area contributed by atoms with Gasteiger partial charge in [0.05, 0.1) is 46.0 Å². The highest BCUT2D eigenvalue weighted by atomic mass is 79.9. The van der Waals surface area contributed by atoms with Crippen LogP contribution in [0.5, 0.6) is 0 Å². The maximum Gasteiger partial charge on any atom is 0.488 e. The monoisotopic (exact) mass is 558 g/mol. The van der Waals surface area contributed by atoms with Gasteiger partial charge in [0.25, 0.3) is 0 Å². The third kappa shape index (κ3) is 8.91. The Kier molecular flexibility index (Phi) is 12.2. The average Bonchev–Trinajstić information content (AvgIpc) is 2.89. The van der Waals surface area contributed by atoms with Crippen molar-refractivity contribution in [1.29, 1.82) is 10.5 Å². The Balaban J connectivity index is 0.000000287. The van der Waals surface area contributed by atoms with Crippen LogP contribution in [0, 0.1) is 22.7 Å². The Hall–Kier alpha value is -4.48. The summed E-state index contributed by atoms with van der Waals surface area (Å²) >= 11 is 3.24. The van der Waals surface area contributed by atoms with Gasteiger partial charge in [0.1, 0.15) is 0 Å². The van der Waals surface area contributed by atoms with Crippen LogP contribution in [0.25, 0.3) is 11.1 Å². The lowest BCUT2D eigenvalue weighted by atomic mass is 9.80. The number of nitrogens with zero attached hydrogens (tertiary/aromatic N) is 2. The number of rotatable bonds is 2. The van der Waals surface area contributed by atoms with E-state index in [9.17, 15) is 0 Å². The van der Waals surface area contributed by atoms with E-state index in [0.717, 1.165) is 15.6 Å². The number of benzene rings is 4. The lowest BCUT2D eigenvalue weighted by Crippen LogP contribution is -2.29. The van der Waals surface area contributed by atoms with Crippen molar-refractivity contribution >= 4 is 51.3 Å². The zero-order valence-corrected chi connectivity index (χ0v) is 20.7. The summed E-state index contributed by atoms with van der Waals surface area (Å²) in [5.74, 6) is 0. The van der Waals surface area contributed by atoms with Gasteiger partial charge in [-0.2, -0.15) is 10.5 Å². The standard InChI is InChI=1S/C13H11N3.C7H6BNO2.C6H7BrN2.CH4/c14-8-9-4-6-10(7-5-9)11-2-1-3-12(15)13(11)16;9-5-6-1-3-7(4-2-6)8(10)11;7-4-2-1-3-5(8)6(4)9;/h1-7H,15-16H2;1-4,10-11H;1-3H,8-9H2;1H4. The molecular formula is C27H28BBrN6O2. The molecule has 10 N–H and O–H groups in total. The summed E-state index contributed by atoms with van der Waals surface area (Å²) in [7, 11) is -1.46. The van der Waals surface area contributed by atoms with Crippen LogP contribution in [0.15, 0.2) is 89.4 Å². The van der Waals surface area contributed by atoms with E-state index in [1.54, 1.807) is 24.3 Å². The molecule has 4 rings (SSSR count). The maximum atomic E-state index is 8.70. The second-order valence-electron chi connectivity index (χ2n) is 7.35. The topological polar surface area (TPSA) is 192 Å². The van der Waals surface area contributed by atoms with E-state index in [1.807, 2.05) is 42.5 Å². The molecule has 0 radical (unpaired) electrons. The first-order chi connectivity index (χ1) is 17.2. The van der Waals surface area contributed by atoms with Gasteiger partial charge in [0.15, 0.2) is 0 Å². The minimum Gasteiger partial charge on any atom is -0.423 e. The minimum atomic E-state index is -1.46. The third-order valence-electron chi connectivity index (χ3n) is 4.89. The molecule has 0 amide bonds. The number of nitriles is 2. The van der Waals surface area contributed by atoms with Gasteiger partial charge in [-0.3, -0.25) is 0 Å². The molecule has 0 heterocycles. The fourth-order valence-electron chi connectivity index (χ4n) is 2.84. The van der Waals surface area contributed by atoms with Crippen molar-refractivity contribution in [1.82, 2.24) is 0 Å². The van der Waals surface area contributed by atoms with Gasteiger partial charge < -0.3 is 33.0 Å². The first-order valence-electron chi connectivity index (χ1n) is 10.5. The van der Waals surface area contributed by atoms with Crippen molar-refractivity contribution in [3.8, 4) is 23.3 Å². The van der Waals surface area contributed by atoms with Crippen LogP contribution in [0.1, 0.15) is 18.6 Å². The molecule has 0 atom stereocenters. The number of hydrogen-bond acceptors (Lipinski definition) is 8. The zero-order valence-electron chi connectivity index (χ0n) is 19.1. The molecule has 0 saturated carbocycles. The van der Waals surface area contributed by atoms with Gasteiger partial charge in [-0.25, -0.2) is 0 Å². The molecule has 0 fully saturated rings. The van der Waals surface area contributed by atoms with Crippen molar-refractivity contribution in [2.45, 2.75) is 7.43 Å². The second-order valence-corrected chi connectivity index (χ2v) is 8.20. The summed E-state index contributed by atoms with van der Waals surface area (Å²) in [6.07, 6.45) is 0. The molecule has 0 aliphatic rings. The summed E-state index contributed by atoms with van der Waals surface area (Å²) in [6, 6.07) is 28.3.